The number of ether oxygens (including phenoxy) is 3. The number of rotatable bonds is 3. The molecule has 3 aliphatic rings. The van der Waals surface area contributed by atoms with Gasteiger partial charge < -0.3 is 19.5 Å². The van der Waals surface area contributed by atoms with Crippen LogP contribution in [0, 0.1) is 0 Å². The van der Waals surface area contributed by atoms with Gasteiger partial charge in [0.1, 0.15) is 0 Å². The van der Waals surface area contributed by atoms with Crippen molar-refractivity contribution in [1.82, 2.24) is 10.3 Å². The molecule has 1 aliphatic carbocycles. The Morgan fingerprint density at radius 3 is 2.91 bits per heavy atom. The second-order valence-electron chi connectivity index (χ2n) is 8.50. The van der Waals surface area contributed by atoms with E-state index in [4.69, 9.17) is 19.2 Å². The zero-order valence-electron chi connectivity index (χ0n) is 17.7. The summed E-state index contributed by atoms with van der Waals surface area (Å²) in [5, 5.41) is 4.12. The Hall–Kier alpha value is -3.38. The van der Waals surface area contributed by atoms with E-state index in [0.29, 0.717) is 6.61 Å². The van der Waals surface area contributed by atoms with E-state index in [1.165, 1.54) is 0 Å². The molecule has 1 unspecified atom stereocenters. The molecule has 0 bridgehead atoms. The molecule has 1 aromatic heterocycles. The van der Waals surface area contributed by atoms with Crippen LogP contribution in [0.1, 0.15) is 46.4 Å². The van der Waals surface area contributed by atoms with Crippen LogP contribution in [0.3, 0.4) is 0 Å². The van der Waals surface area contributed by atoms with Crippen molar-refractivity contribution in [3.05, 3.63) is 64.8 Å². The number of para-hydroxylation sites is 1. The number of allylic oxidation sites excluding steroid dienone is 1. The number of hydrogen-bond acceptors (Lipinski definition) is 5. The molecule has 3 heterocycles. The Kier molecular flexibility index (Phi) is 4.80. The average Bonchev–Trinajstić information content (AvgIpc) is 3.45. The van der Waals surface area contributed by atoms with E-state index < -0.39 is 0 Å². The standard InChI is InChI=1S/C26H24N2O4/c29-26(27-18-4-3-11-30-14-18)24-19-5-1-2-6-21(19)28-25-17(8-9-20(24)25)12-16-7-10-22-23(13-16)32-15-31-22/h1-2,5-7,10,12-13,18H,3-4,8-9,11,14-15H2,(H,27,29)/b17-12-. The topological polar surface area (TPSA) is 69.7 Å². The minimum atomic E-state index is -0.0281. The Balaban J connectivity index is 1.41. The van der Waals surface area contributed by atoms with Gasteiger partial charge in [0.2, 0.25) is 6.79 Å². The van der Waals surface area contributed by atoms with Gasteiger partial charge in [0.05, 0.1) is 29.4 Å². The van der Waals surface area contributed by atoms with E-state index >= 15 is 0 Å². The number of benzene rings is 2. The molecule has 1 saturated heterocycles. The van der Waals surface area contributed by atoms with Crippen molar-refractivity contribution in [1.29, 1.82) is 0 Å². The van der Waals surface area contributed by atoms with Crippen molar-refractivity contribution in [2.75, 3.05) is 20.0 Å². The highest BCUT2D eigenvalue weighted by Crippen LogP contribution is 2.39. The number of amides is 1. The third-order valence-corrected chi connectivity index (χ3v) is 6.40. The number of carbonyl (C=O) groups excluding carboxylic acids is 1. The summed E-state index contributed by atoms with van der Waals surface area (Å²) >= 11 is 0. The lowest BCUT2D eigenvalue weighted by Gasteiger charge is -2.24. The smallest absolute Gasteiger partial charge is 0.252 e. The molecule has 1 amide bonds. The monoisotopic (exact) mass is 428 g/mol. The summed E-state index contributed by atoms with van der Waals surface area (Å²) in [5.74, 6) is 1.51. The number of hydrogen-bond donors (Lipinski definition) is 1. The van der Waals surface area contributed by atoms with Crippen LogP contribution < -0.4 is 14.8 Å². The molecule has 2 aliphatic heterocycles. The van der Waals surface area contributed by atoms with Crippen molar-refractivity contribution >= 4 is 28.5 Å². The molecule has 32 heavy (non-hydrogen) atoms. The van der Waals surface area contributed by atoms with E-state index in [9.17, 15) is 4.79 Å². The minimum Gasteiger partial charge on any atom is -0.454 e. The van der Waals surface area contributed by atoms with Crippen molar-refractivity contribution in [3.8, 4) is 11.5 Å². The number of fused-ring (bicyclic) bond motifs is 3. The van der Waals surface area contributed by atoms with Crippen LogP contribution in [-0.4, -0.2) is 36.9 Å². The zero-order valence-corrected chi connectivity index (χ0v) is 17.7. The lowest BCUT2D eigenvalue weighted by Crippen LogP contribution is -2.41. The van der Waals surface area contributed by atoms with Crippen molar-refractivity contribution in [2.45, 2.75) is 31.7 Å². The summed E-state index contributed by atoms with van der Waals surface area (Å²) in [5.41, 5.74) is 5.73. The highest BCUT2D eigenvalue weighted by atomic mass is 16.7. The van der Waals surface area contributed by atoms with Crippen LogP contribution in [-0.2, 0) is 11.2 Å². The largest absolute Gasteiger partial charge is 0.454 e. The van der Waals surface area contributed by atoms with Crippen LogP contribution in [0.25, 0.3) is 22.6 Å². The lowest BCUT2D eigenvalue weighted by atomic mass is 9.99. The van der Waals surface area contributed by atoms with E-state index in [1.807, 2.05) is 42.5 Å². The lowest BCUT2D eigenvalue weighted by molar-refractivity contribution is 0.0624. The predicted octanol–water partition coefficient (Wildman–Crippen LogP) is 4.36. The third-order valence-electron chi connectivity index (χ3n) is 6.40. The van der Waals surface area contributed by atoms with E-state index in [0.717, 1.165) is 82.6 Å². The van der Waals surface area contributed by atoms with Crippen LogP contribution in [0.4, 0.5) is 0 Å². The van der Waals surface area contributed by atoms with E-state index in [1.54, 1.807) is 0 Å². The first-order valence-corrected chi connectivity index (χ1v) is 11.2. The van der Waals surface area contributed by atoms with Crippen molar-refractivity contribution in [3.63, 3.8) is 0 Å². The number of carbonyl (C=O) groups is 1. The Morgan fingerprint density at radius 2 is 2.00 bits per heavy atom. The fourth-order valence-corrected chi connectivity index (χ4v) is 4.85. The molecule has 1 fully saturated rings. The first-order chi connectivity index (χ1) is 15.8. The van der Waals surface area contributed by atoms with Crippen LogP contribution in [0.15, 0.2) is 42.5 Å². The van der Waals surface area contributed by atoms with Crippen LogP contribution in [0.5, 0.6) is 11.5 Å². The number of nitrogens with zero attached hydrogens (tertiary/aromatic N) is 1. The second kappa shape index (κ2) is 7.95. The second-order valence-corrected chi connectivity index (χ2v) is 8.50. The third kappa shape index (κ3) is 3.41. The summed E-state index contributed by atoms with van der Waals surface area (Å²) in [6.45, 7) is 1.61. The van der Waals surface area contributed by atoms with Gasteiger partial charge in [-0.05, 0) is 66.7 Å². The van der Waals surface area contributed by atoms with Gasteiger partial charge >= 0.3 is 0 Å². The fourth-order valence-electron chi connectivity index (χ4n) is 4.85. The summed E-state index contributed by atoms with van der Waals surface area (Å²) in [7, 11) is 0. The molecule has 0 radical (unpaired) electrons. The first kappa shape index (κ1) is 19.3. The quantitative estimate of drug-likeness (QED) is 0.671. The maximum atomic E-state index is 13.4. The molecule has 6 heteroatoms. The number of nitrogens with one attached hydrogen (secondary N) is 1. The molecule has 6 nitrogen and oxygen atoms in total. The predicted molar refractivity (Wildman–Crippen MR) is 122 cm³/mol. The minimum absolute atomic E-state index is 0.0281. The van der Waals surface area contributed by atoms with Gasteiger partial charge in [-0.15, -0.1) is 0 Å². The van der Waals surface area contributed by atoms with Gasteiger partial charge in [-0.3, -0.25) is 4.79 Å². The first-order valence-electron chi connectivity index (χ1n) is 11.2. The Bertz CT molecular complexity index is 1240. The zero-order chi connectivity index (χ0) is 21.5. The maximum Gasteiger partial charge on any atom is 0.252 e. The molecule has 162 valence electrons. The van der Waals surface area contributed by atoms with Gasteiger partial charge in [-0.2, -0.15) is 0 Å². The molecule has 1 N–H and O–H groups in total. The summed E-state index contributed by atoms with van der Waals surface area (Å²) < 4.78 is 16.5. The highest BCUT2D eigenvalue weighted by molar-refractivity contribution is 6.09. The Labute approximate surface area is 186 Å². The average molecular weight is 428 g/mol. The molecule has 0 saturated carbocycles. The molecule has 2 aromatic carbocycles. The molecule has 6 rings (SSSR count). The number of aromatic nitrogens is 1. The van der Waals surface area contributed by atoms with Gasteiger partial charge in [0, 0.05) is 12.0 Å². The Morgan fingerprint density at radius 1 is 1.09 bits per heavy atom. The molecule has 3 aromatic rings. The van der Waals surface area contributed by atoms with Gasteiger partial charge in [0.25, 0.3) is 5.91 Å². The van der Waals surface area contributed by atoms with Gasteiger partial charge in [0.15, 0.2) is 11.5 Å². The molecular formula is C26H24N2O4. The summed E-state index contributed by atoms with van der Waals surface area (Å²) in [4.78, 5) is 18.4. The normalized spacial score (nSPS) is 20.5. The van der Waals surface area contributed by atoms with Crippen LogP contribution in [0.2, 0.25) is 0 Å². The van der Waals surface area contributed by atoms with E-state index in [2.05, 4.69) is 11.4 Å². The van der Waals surface area contributed by atoms with Crippen molar-refractivity contribution in [2.24, 2.45) is 0 Å². The molecule has 0 spiro atoms. The SMILES string of the molecule is O=C(NC1CCCOC1)c1c2c(nc3ccccc13)/C(=C\c1ccc3c(c1)OCO3)CC2. The molecular weight excluding hydrogens is 404 g/mol. The van der Waals surface area contributed by atoms with Crippen LogP contribution >= 0.6 is 0 Å². The summed E-state index contributed by atoms with van der Waals surface area (Å²) in [6, 6.07) is 13.9. The van der Waals surface area contributed by atoms with Gasteiger partial charge in [-0.1, -0.05) is 24.3 Å². The summed E-state index contributed by atoms with van der Waals surface area (Å²) in [6.07, 6.45) is 5.72. The fraction of sp³-hybridized carbons (Fsp3) is 0.308. The van der Waals surface area contributed by atoms with Crippen molar-refractivity contribution < 1.29 is 19.0 Å². The molecule has 1 atom stereocenters. The van der Waals surface area contributed by atoms with E-state index in [-0.39, 0.29) is 18.7 Å². The number of pyridine rings is 1. The maximum absolute atomic E-state index is 13.4. The highest BCUT2D eigenvalue weighted by Gasteiger charge is 2.28. The van der Waals surface area contributed by atoms with Gasteiger partial charge in [-0.25, -0.2) is 4.98 Å².